The number of nitrogens with one attached hydrogen (secondary N) is 1. The molecule has 1 N–H and O–H groups in total. The van der Waals surface area contributed by atoms with Gasteiger partial charge in [-0.05, 0) is 25.9 Å². The number of rotatable bonds is 19. The lowest BCUT2D eigenvalue weighted by Crippen LogP contribution is -2.16. The van der Waals surface area contributed by atoms with Gasteiger partial charge in [0.15, 0.2) is 0 Å². The second-order valence-electron chi connectivity index (χ2n) is 7.05. The molecule has 0 rings (SSSR count). The summed E-state index contributed by atoms with van der Waals surface area (Å²) >= 11 is 0. The van der Waals surface area contributed by atoms with Crippen LogP contribution >= 0.6 is 0 Å². The molecule has 1 heteroatoms. The lowest BCUT2D eigenvalue weighted by atomic mass is 10.1. The van der Waals surface area contributed by atoms with Crippen LogP contribution in [0.15, 0.2) is 0 Å². The summed E-state index contributed by atoms with van der Waals surface area (Å²) in [6.45, 7) is 7.06. The Bertz CT molecular complexity index is 159. The van der Waals surface area contributed by atoms with Gasteiger partial charge < -0.3 is 5.32 Å². The van der Waals surface area contributed by atoms with Crippen LogP contribution < -0.4 is 5.32 Å². The zero-order chi connectivity index (χ0) is 16.1. The van der Waals surface area contributed by atoms with E-state index < -0.39 is 0 Å². The molecule has 1 nitrogen and oxygen atoms in total. The van der Waals surface area contributed by atoms with Crippen LogP contribution in [-0.4, -0.2) is 13.1 Å². The highest BCUT2D eigenvalue weighted by atomic mass is 14.8. The summed E-state index contributed by atoms with van der Waals surface area (Å²) in [6, 6.07) is 0. The SMILES string of the molecule is CCCCCCCCCCCCCCNCCCCCCC. The summed E-state index contributed by atoms with van der Waals surface area (Å²) in [6.07, 6.45) is 24.3. The van der Waals surface area contributed by atoms with E-state index in [2.05, 4.69) is 19.2 Å². The van der Waals surface area contributed by atoms with E-state index in [4.69, 9.17) is 0 Å². The van der Waals surface area contributed by atoms with Crippen molar-refractivity contribution in [3.8, 4) is 0 Å². The van der Waals surface area contributed by atoms with Gasteiger partial charge in [0.1, 0.15) is 0 Å². The van der Waals surface area contributed by atoms with Crippen LogP contribution in [0.25, 0.3) is 0 Å². The van der Waals surface area contributed by atoms with Gasteiger partial charge in [-0.3, -0.25) is 0 Å². The smallest absolute Gasteiger partial charge is 0.00489 e. The van der Waals surface area contributed by atoms with Crippen LogP contribution in [0.4, 0.5) is 0 Å². The fourth-order valence-electron chi connectivity index (χ4n) is 3.07. The summed E-state index contributed by atoms with van der Waals surface area (Å²) in [5.74, 6) is 0. The first-order valence-electron chi connectivity index (χ1n) is 10.6. The minimum Gasteiger partial charge on any atom is -0.317 e. The third-order valence-electron chi connectivity index (χ3n) is 4.66. The second kappa shape index (κ2) is 21.0. The second-order valence-corrected chi connectivity index (χ2v) is 7.05. The number of unbranched alkanes of at least 4 members (excludes halogenated alkanes) is 15. The molecule has 0 radical (unpaired) electrons. The Labute approximate surface area is 142 Å². The van der Waals surface area contributed by atoms with Gasteiger partial charge >= 0.3 is 0 Å². The summed E-state index contributed by atoms with van der Waals surface area (Å²) in [5, 5.41) is 3.60. The Balaban J connectivity index is 2.91. The van der Waals surface area contributed by atoms with Crippen molar-refractivity contribution in [1.29, 1.82) is 0 Å². The van der Waals surface area contributed by atoms with Gasteiger partial charge in [-0.2, -0.15) is 0 Å². The average Bonchev–Trinajstić information content (AvgIpc) is 2.54. The van der Waals surface area contributed by atoms with Crippen LogP contribution in [0, 0.1) is 0 Å². The van der Waals surface area contributed by atoms with Crippen molar-refractivity contribution in [3.63, 3.8) is 0 Å². The Morgan fingerprint density at radius 2 is 0.636 bits per heavy atom. The molecule has 0 unspecified atom stereocenters. The average molecular weight is 312 g/mol. The van der Waals surface area contributed by atoms with Crippen molar-refractivity contribution in [2.45, 2.75) is 123 Å². The molecule has 0 aliphatic heterocycles. The molecule has 0 saturated heterocycles. The molecule has 0 aliphatic rings. The van der Waals surface area contributed by atoms with E-state index in [1.165, 1.54) is 122 Å². The van der Waals surface area contributed by atoms with E-state index in [0.717, 1.165) is 0 Å². The van der Waals surface area contributed by atoms with E-state index in [1.54, 1.807) is 0 Å². The Morgan fingerprint density at radius 1 is 0.364 bits per heavy atom. The minimum atomic E-state index is 1.24. The Hall–Kier alpha value is -0.0400. The lowest BCUT2D eigenvalue weighted by molar-refractivity contribution is 0.528. The predicted molar refractivity (Wildman–Crippen MR) is 103 cm³/mol. The number of hydrogen-bond acceptors (Lipinski definition) is 1. The predicted octanol–water partition coefficient (Wildman–Crippen LogP) is 7.25. The van der Waals surface area contributed by atoms with Gasteiger partial charge in [-0.1, -0.05) is 110 Å². The molecular weight excluding hydrogens is 266 g/mol. The van der Waals surface area contributed by atoms with Gasteiger partial charge in [-0.15, -0.1) is 0 Å². The molecule has 0 fully saturated rings. The molecule has 0 aromatic heterocycles. The molecule has 0 heterocycles. The highest BCUT2D eigenvalue weighted by Gasteiger charge is 1.94. The first-order valence-corrected chi connectivity index (χ1v) is 10.6. The molecule has 134 valence electrons. The Kier molecular flexibility index (Phi) is 20.9. The molecule has 0 amide bonds. The molecular formula is C21H45N. The molecule has 0 aliphatic carbocycles. The molecule has 0 aromatic carbocycles. The quantitative estimate of drug-likeness (QED) is 0.248. The van der Waals surface area contributed by atoms with Crippen molar-refractivity contribution in [1.82, 2.24) is 5.32 Å². The topological polar surface area (TPSA) is 12.0 Å². The van der Waals surface area contributed by atoms with E-state index in [0.29, 0.717) is 0 Å². The Morgan fingerprint density at radius 3 is 0.955 bits per heavy atom. The van der Waals surface area contributed by atoms with E-state index in [1.807, 2.05) is 0 Å². The van der Waals surface area contributed by atoms with Gasteiger partial charge in [0.05, 0.1) is 0 Å². The van der Waals surface area contributed by atoms with Crippen LogP contribution in [0.5, 0.6) is 0 Å². The first-order chi connectivity index (χ1) is 10.9. The first kappa shape index (κ1) is 22.0. The standard InChI is InChI=1S/C21H45N/c1-3-5-7-9-10-11-12-13-14-15-17-19-21-22-20-18-16-8-6-4-2/h22H,3-21H2,1-2H3. The maximum Gasteiger partial charge on any atom is -0.00489 e. The third kappa shape index (κ3) is 20.0. The molecule has 0 spiro atoms. The van der Waals surface area contributed by atoms with E-state index >= 15 is 0 Å². The maximum absolute atomic E-state index is 3.60. The molecule has 0 bridgehead atoms. The summed E-state index contributed by atoms with van der Waals surface area (Å²) in [5.41, 5.74) is 0. The molecule has 0 atom stereocenters. The third-order valence-corrected chi connectivity index (χ3v) is 4.66. The van der Waals surface area contributed by atoms with Gasteiger partial charge in [-0.25, -0.2) is 0 Å². The van der Waals surface area contributed by atoms with Crippen molar-refractivity contribution in [2.24, 2.45) is 0 Å². The monoisotopic (exact) mass is 311 g/mol. The van der Waals surface area contributed by atoms with Crippen molar-refractivity contribution < 1.29 is 0 Å². The molecule has 0 saturated carbocycles. The highest BCUT2D eigenvalue weighted by molar-refractivity contribution is 4.52. The van der Waals surface area contributed by atoms with Crippen molar-refractivity contribution >= 4 is 0 Å². The van der Waals surface area contributed by atoms with E-state index in [-0.39, 0.29) is 0 Å². The molecule has 0 aromatic rings. The summed E-state index contributed by atoms with van der Waals surface area (Å²) < 4.78 is 0. The van der Waals surface area contributed by atoms with Crippen molar-refractivity contribution in [2.75, 3.05) is 13.1 Å². The van der Waals surface area contributed by atoms with Gasteiger partial charge in [0, 0.05) is 0 Å². The minimum absolute atomic E-state index is 1.24. The largest absolute Gasteiger partial charge is 0.317 e. The zero-order valence-corrected chi connectivity index (χ0v) is 15.9. The van der Waals surface area contributed by atoms with E-state index in [9.17, 15) is 0 Å². The van der Waals surface area contributed by atoms with Crippen LogP contribution in [0.3, 0.4) is 0 Å². The van der Waals surface area contributed by atoms with Crippen LogP contribution in [0.2, 0.25) is 0 Å². The maximum atomic E-state index is 3.60. The van der Waals surface area contributed by atoms with Gasteiger partial charge in [0.2, 0.25) is 0 Å². The van der Waals surface area contributed by atoms with Crippen LogP contribution in [-0.2, 0) is 0 Å². The normalized spacial score (nSPS) is 11.2. The summed E-state index contributed by atoms with van der Waals surface area (Å²) in [7, 11) is 0. The number of hydrogen-bond donors (Lipinski definition) is 1. The fraction of sp³-hybridized carbons (Fsp3) is 1.00. The van der Waals surface area contributed by atoms with Gasteiger partial charge in [0.25, 0.3) is 0 Å². The lowest BCUT2D eigenvalue weighted by Gasteiger charge is -2.05. The van der Waals surface area contributed by atoms with Crippen molar-refractivity contribution in [3.05, 3.63) is 0 Å². The molecule has 22 heavy (non-hydrogen) atoms. The van der Waals surface area contributed by atoms with Crippen LogP contribution in [0.1, 0.15) is 123 Å². The fourth-order valence-corrected chi connectivity index (χ4v) is 3.07. The summed E-state index contributed by atoms with van der Waals surface area (Å²) in [4.78, 5) is 0. The highest BCUT2D eigenvalue weighted by Crippen LogP contribution is 2.11. The zero-order valence-electron chi connectivity index (χ0n) is 15.9.